The fourth-order valence-electron chi connectivity index (χ4n) is 3.46. The zero-order valence-electron chi connectivity index (χ0n) is 19.0. The van der Waals surface area contributed by atoms with E-state index in [9.17, 15) is 4.79 Å². The Labute approximate surface area is 202 Å². The zero-order valence-corrected chi connectivity index (χ0v) is 19.8. The number of hydrogen-bond donors (Lipinski definition) is 3. The number of nitrogens with one attached hydrogen (secondary N) is 3. The highest BCUT2D eigenvalue weighted by molar-refractivity contribution is 7.99. The predicted molar refractivity (Wildman–Crippen MR) is 135 cm³/mol. The number of aromatic amines is 1. The van der Waals surface area contributed by atoms with Gasteiger partial charge in [-0.2, -0.15) is 5.10 Å². The molecule has 1 aliphatic rings. The van der Waals surface area contributed by atoms with Crippen molar-refractivity contribution in [2.75, 3.05) is 28.6 Å². The lowest BCUT2D eigenvalue weighted by Crippen LogP contribution is -2.37. The van der Waals surface area contributed by atoms with Crippen LogP contribution < -0.4 is 15.5 Å². The molecular weight excluding hydrogens is 446 g/mol. The maximum Gasteiger partial charge on any atom is 0.255 e. The van der Waals surface area contributed by atoms with Crippen LogP contribution >= 0.6 is 11.8 Å². The molecule has 0 unspecified atom stereocenters. The molecule has 5 rings (SSSR count). The highest BCUT2D eigenvalue weighted by Gasteiger charge is 2.18. The minimum atomic E-state index is -0.129. The maximum absolute atomic E-state index is 12.5. The Hall–Kier alpha value is -3.85. The molecular formula is C25H25N7OS. The van der Waals surface area contributed by atoms with Crippen LogP contribution in [0.3, 0.4) is 0 Å². The Morgan fingerprint density at radius 2 is 1.74 bits per heavy atom. The Morgan fingerprint density at radius 1 is 0.971 bits per heavy atom. The van der Waals surface area contributed by atoms with Gasteiger partial charge in [0, 0.05) is 47.1 Å². The van der Waals surface area contributed by atoms with E-state index in [4.69, 9.17) is 4.98 Å². The SMILES string of the molecule is Cc1ccc(C(=O)Nc2ccc(Sc3nc(Nc4cc(C)[nH]n4)cc(N4CCC4)n3)cc2)cc1. The lowest BCUT2D eigenvalue weighted by molar-refractivity contribution is 0.102. The Bertz CT molecular complexity index is 1300. The number of aryl methyl sites for hydroxylation is 2. The number of aromatic nitrogens is 4. The molecule has 9 heteroatoms. The molecule has 0 spiro atoms. The van der Waals surface area contributed by atoms with Gasteiger partial charge in [-0.15, -0.1) is 0 Å². The van der Waals surface area contributed by atoms with Crippen molar-refractivity contribution in [1.29, 1.82) is 0 Å². The molecule has 1 amide bonds. The number of carbonyl (C=O) groups is 1. The first-order valence-electron chi connectivity index (χ1n) is 11.1. The van der Waals surface area contributed by atoms with Crippen LogP contribution in [0.25, 0.3) is 0 Å². The van der Waals surface area contributed by atoms with E-state index in [1.54, 1.807) is 0 Å². The molecule has 4 aromatic rings. The van der Waals surface area contributed by atoms with Gasteiger partial charge >= 0.3 is 0 Å². The first-order chi connectivity index (χ1) is 16.5. The van der Waals surface area contributed by atoms with Crippen molar-refractivity contribution in [3.05, 3.63) is 77.5 Å². The molecule has 0 bridgehead atoms. The normalized spacial score (nSPS) is 12.8. The van der Waals surface area contributed by atoms with Crippen molar-refractivity contribution in [1.82, 2.24) is 20.2 Å². The average Bonchev–Trinajstić information content (AvgIpc) is 3.18. The van der Waals surface area contributed by atoms with Crippen molar-refractivity contribution in [3.63, 3.8) is 0 Å². The van der Waals surface area contributed by atoms with E-state index < -0.39 is 0 Å². The van der Waals surface area contributed by atoms with Gasteiger partial charge in [-0.1, -0.05) is 17.7 Å². The monoisotopic (exact) mass is 471 g/mol. The summed E-state index contributed by atoms with van der Waals surface area (Å²) in [5, 5.41) is 14.0. The third-order valence-electron chi connectivity index (χ3n) is 5.47. The average molecular weight is 472 g/mol. The molecule has 172 valence electrons. The van der Waals surface area contributed by atoms with Crippen LogP contribution in [0.4, 0.5) is 23.1 Å². The maximum atomic E-state index is 12.5. The summed E-state index contributed by atoms with van der Waals surface area (Å²) < 4.78 is 0. The van der Waals surface area contributed by atoms with Gasteiger partial charge < -0.3 is 15.5 Å². The minimum Gasteiger partial charge on any atom is -0.356 e. The first-order valence-corrected chi connectivity index (χ1v) is 11.9. The predicted octanol–water partition coefficient (Wildman–Crippen LogP) is 5.17. The van der Waals surface area contributed by atoms with E-state index in [0.29, 0.717) is 16.5 Å². The second-order valence-corrected chi connectivity index (χ2v) is 9.28. The molecule has 1 aliphatic heterocycles. The van der Waals surface area contributed by atoms with E-state index in [1.807, 2.05) is 74.5 Å². The summed E-state index contributed by atoms with van der Waals surface area (Å²) in [6, 6.07) is 19.1. The quantitative estimate of drug-likeness (QED) is 0.320. The van der Waals surface area contributed by atoms with E-state index >= 15 is 0 Å². The van der Waals surface area contributed by atoms with Gasteiger partial charge in [-0.05, 0) is 68.4 Å². The molecule has 34 heavy (non-hydrogen) atoms. The fraction of sp³-hybridized carbons (Fsp3) is 0.200. The van der Waals surface area contributed by atoms with Crippen LogP contribution in [0, 0.1) is 13.8 Å². The van der Waals surface area contributed by atoms with Crippen molar-refractivity contribution in [2.24, 2.45) is 0 Å². The zero-order chi connectivity index (χ0) is 23.5. The van der Waals surface area contributed by atoms with Crippen molar-refractivity contribution < 1.29 is 4.79 Å². The number of H-pyrrole nitrogens is 1. The molecule has 8 nitrogen and oxygen atoms in total. The van der Waals surface area contributed by atoms with Gasteiger partial charge in [0.05, 0.1) is 0 Å². The third-order valence-corrected chi connectivity index (χ3v) is 6.34. The number of rotatable bonds is 7. The molecule has 2 aromatic carbocycles. The summed E-state index contributed by atoms with van der Waals surface area (Å²) in [4.78, 5) is 25.1. The Balaban J connectivity index is 1.30. The van der Waals surface area contributed by atoms with E-state index in [1.165, 1.54) is 18.2 Å². The fourth-order valence-corrected chi connectivity index (χ4v) is 4.23. The lowest BCUT2D eigenvalue weighted by atomic mass is 10.1. The summed E-state index contributed by atoms with van der Waals surface area (Å²) in [6.45, 7) is 5.95. The van der Waals surface area contributed by atoms with Gasteiger partial charge in [-0.25, -0.2) is 9.97 Å². The molecule has 0 radical (unpaired) electrons. The summed E-state index contributed by atoms with van der Waals surface area (Å²) in [5.74, 6) is 2.19. The molecule has 1 saturated heterocycles. The van der Waals surface area contributed by atoms with Crippen molar-refractivity contribution in [2.45, 2.75) is 30.3 Å². The molecule has 3 heterocycles. The summed E-state index contributed by atoms with van der Waals surface area (Å²) in [7, 11) is 0. The van der Waals surface area contributed by atoms with E-state index in [-0.39, 0.29) is 5.91 Å². The second kappa shape index (κ2) is 9.56. The van der Waals surface area contributed by atoms with Crippen LogP contribution in [0.1, 0.15) is 28.0 Å². The van der Waals surface area contributed by atoms with Crippen LogP contribution in [0.15, 0.2) is 70.7 Å². The van der Waals surface area contributed by atoms with E-state index in [0.717, 1.165) is 46.6 Å². The molecule has 0 atom stereocenters. The van der Waals surface area contributed by atoms with Gasteiger partial charge in [0.2, 0.25) is 0 Å². The number of benzene rings is 2. The van der Waals surface area contributed by atoms with Gasteiger partial charge in [0.1, 0.15) is 11.6 Å². The minimum absolute atomic E-state index is 0.129. The molecule has 3 N–H and O–H groups in total. The van der Waals surface area contributed by atoms with Crippen LogP contribution in [-0.4, -0.2) is 39.2 Å². The summed E-state index contributed by atoms with van der Waals surface area (Å²) in [5.41, 5.74) is 3.47. The van der Waals surface area contributed by atoms with Crippen LogP contribution in [0.2, 0.25) is 0 Å². The highest BCUT2D eigenvalue weighted by Crippen LogP contribution is 2.31. The number of carbonyl (C=O) groups excluding carboxylic acids is 1. The molecule has 1 fully saturated rings. The van der Waals surface area contributed by atoms with Crippen molar-refractivity contribution >= 4 is 40.8 Å². The van der Waals surface area contributed by atoms with Gasteiger partial charge in [0.25, 0.3) is 5.91 Å². The highest BCUT2D eigenvalue weighted by atomic mass is 32.2. The lowest BCUT2D eigenvalue weighted by Gasteiger charge is -2.32. The van der Waals surface area contributed by atoms with Crippen molar-refractivity contribution in [3.8, 4) is 0 Å². The smallest absolute Gasteiger partial charge is 0.255 e. The Morgan fingerprint density at radius 3 is 2.38 bits per heavy atom. The molecule has 0 aliphatic carbocycles. The summed E-state index contributed by atoms with van der Waals surface area (Å²) in [6.07, 6.45) is 1.17. The first kappa shape index (κ1) is 22.0. The number of hydrogen-bond acceptors (Lipinski definition) is 7. The van der Waals surface area contributed by atoms with Gasteiger partial charge in [-0.3, -0.25) is 9.89 Å². The van der Waals surface area contributed by atoms with Gasteiger partial charge in [0.15, 0.2) is 11.0 Å². The van der Waals surface area contributed by atoms with Crippen LogP contribution in [0.5, 0.6) is 0 Å². The Kier molecular flexibility index (Phi) is 6.18. The summed E-state index contributed by atoms with van der Waals surface area (Å²) >= 11 is 1.48. The molecule has 2 aromatic heterocycles. The number of nitrogens with zero attached hydrogens (tertiary/aromatic N) is 4. The standard InChI is InChI=1S/C25H25N7OS/c1-16-4-6-18(7-5-16)24(33)26-19-8-10-20(11-9-19)34-25-28-21(27-22-14-17(2)30-31-22)15-23(29-25)32-12-3-13-32/h4-11,14-15H,3,12-13H2,1-2H3,(H,26,33)(H2,27,28,29,30,31). The van der Waals surface area contributed by atoms with E-state index in [2.05, 4.69) is 30.7 Å². The number of anilines is 4. The molecule has 0 saturated carbocycles. The second-order valence-electron chi connectivity index (χ2n) is 8.24. The third kappa shape index (κ3) is 5.20. The van der Waals surface area contributed by atoms with Crippen LogP contribution in [-0.2, 0) is 0 Å². The largest absolute Gasteiger partial charge is 0.356 e. The number of amides is 1. The topological polar surface area (TPSA) is 98.8 Å².